The lowest BCUT2D eigenvalue weighted by molar-refractivity contribution is 0.0935. The minimum atomic E-state index is -0.402. The first kappa shape index (κ1) is 21.0. The Balaban J connectivity index is 1.66. The number of pyridine rings is 1. The average molecular weight is 426 g/mol. The van der Waals surface area contributed by atoms with Crippen LogP contribution >= 0.6 is 0 Å². The quantitative estimate of drug-likeness (QED) is 0.490. The molecule has 0 saturated heterocycles. The van der Waals surface area contributed by atoms with Crippen LogP contribution in [0.5, 0.6) is 0 Å². The molecule has 3 aromatic heterocycles. The summed E-state index contributed by atoms with van der Waals surface area (Å²) in [4.78, 5) is 45.2. The maximum absolute atomic E-state index is 13.0. The van der Waals surface area contributed by atoms with E-state index in [9.17, 15) is 9.59 Å². The predicted molar refractivity (Wildman–Crippen MR) is 120 cm³/mol. The van der Waals surface area contributed by atoms with Gasteiger partial charge in [0.1, 0.15) is 11.6 Å². The number of carbonyl (C=O) groups excluding carboxylic acids is 1. The van der Waals surface area contributed by atoms with E-state index in [1.165, 1.54) is 12.3 Å². The van der Waals surface area contributed by atoms with E-state index in [0.29, 0.717) is 40.6 Å². The summed E-state index contributed by atoms with van der Waals surface area (Å²) in [6, 6.07) is 14.2. The Hall–Kier alpha value is -4.20. The van der Waals surface area contributed by atoms with E-state index in [2.05, 4.69) is 30.2 Å². The molecule has 4 rings (SSSR count). The highest BCUT2D eigenvalue weighted by molar-refractivity contribution is 5.95. The molecule has 0 aliphatic rings. The normalized spacial score (nSPS) is 11.7. The molecule has 0 bridgehead atoms. The standard InChI is InChI=1S/C24H22N6O2/c1-15-20(14-26-16(2)27-15)24(32)29-21(17-7-4-3-5-8-17)11-19-12-22(31)30-23(28-19)18-9-6-10-25-13-18/h3-10,12-14,21H,11H2,1-2H3,(H,29,32)(H,28,30,31)/t21-/m0/s1. The van der Waals surface area contributed by atoms with Gasteiger partial charge in [-0.1, -0.05) is 30.3 Å². The van der Waals surface area contributed by atoms with Crippen LogP contribution in [0.2, 0.25) is 0 Å². The van der Waals surface area contributed by atoms with Crippen molar-refractivity contribution in [2.75, 3.05) is 0 Å². The van der Waals surface area contributed by atoms with Crippen molar-refractivity contribution in [1.29, 1.82) is 0 Å². The van der Waals surface area contributed by atoms with Crippen LogP contribution in [0, 0.1) is 13.8 Å². The van der Waals surface area contributed by atoms with Gasteiger partial charge in [-0.15, -0.1) is 0 Å². The van der Waals surface area contributed by atoms with Gasteiger partial charge in [-0.3, -0.25) is 14.6 Å². The minimum Gasteiger partial charge on any atom is -0.345 e. The summed E-state index contributed by atoms with van der Waals surface area (Å²) < 4.78 is 0. The van der Waals surface area contributed by atoms with Gasteiger partial charge in [0, 0.05) is 36.6 Å². The monoisotopic (exact) mass is 426 g/mol. The second-order valence-electron chi connectivity index (χ2n) is 7.38. The Labute approximate surface area is 184 Å². The molecular weight excluding hydrogens is 404 g/mol. The van der Waals surface area contributed by atoms with Gasteiger partial charge in [-0.05, 0) is 31.5 Å². The Kier molecular flexibility index (Phi) is 6.12. The van der Waals surface area contributed by atoms with Crippen LogP contribution in [0.25, 0.3) is 11.4 Å². The van der Waals surface area contributed by atoms with Crippen molar-refractivity contribution in [2.24, 2.45) is 0 Å². The summed E-state index contributed by atoms with van der Waals surface area (Å²) in [6.07, 6.45) is 5.15. The predicted octanol–water partition coefficient (Wildman–Crippen LogP) is 2.95. The van der Waals surface area contributed by atoms with Crippen LogP contribution in [0.1, 0.15) is 39.2 Å². The molecule has 3 heterocycles. The van der Waals surface area contributed by atoms with Crippen molar-refractivity contribution in [3.05, 3.63) is 106 Å². The number of aromatic amines is 1. The first-order chi connectivity index (χ1) is 15.5. The zero-order valence-corrected chi connectivity index (χ0v) is 17.7. The van der Waals surface area contributed by atoms with Crippen molar-refractivity contribution >= 4 is 5.91 Å². The summed E-state index contributed by atoms with van der Waals surface area (Å²) in [5, 5.41) is 3.05. The van der Waals surface area contributed by atoms with Gasteiger partial charge in [0.25, 0.3) is 11.5 Å². The number of benzene rings is 1. The van der Waals surface area contributed by atoms with Gasteiger partial charge in [0.05, 0.1) is 23.0 Å². The van der Waals surface area contributed by atoms with E-state index in [-0.39, 0.29) is 11.5 Å². The third-order valence-electron chi connectivity index (χ3n) is 4.99. The Morgan fingerprint density at radius 1 is 1.06 bits per heavy atom. The highest BCUT2D eigenvalue weighted by Crippen LogP contribution is 2.20. The number of aryl methyl sites for hydroxylation is 2. The lowest BCUT2D eigenvalue weighted by Gasteiger charge is -2.20. The molecule has 0 aliphatic carbocycles. The van der Waals surface area contributed by atoms with E-state index in [1.807, 2.05) is 36.4 Å². The molecule has 0 radical (unpaired) electrons. The lowest BCUT2D eigenvalue weighted by atomic mass is 10.0. The smallest absolute Gasteiger partial charge is 0.255 e. The van der Waals surface area contributed by atoms with E-state index in [4.69, 9.17) is 0 Å². The Bertz CT molecular complexity index is 1290. The second kappa shape index (κ2) is 9.30. The van der Waals surface area contributed by atoms with Gasteiger partial charge in [-0.2, -0.15) is 0 Å². The maximum atomic E-state index is 13.0. The van der Waals surface area contributed by atoms with Crippen LogP contribution in [0.4, 0.5) is 0 Å². The van der Waals surface area contributed by atoms with Crippen LogP contribution in [-0.2, 0) is 6.42 Å². The fraction of sp³-hybridized carbons (Fsp3) is 0.167. The van der Waals surface area contributed by atoms with Gasteiger partial charge in [0.15, 0.2) is 0 Å². The third kappa shape index (κ3) is 4.92. The fourth-order valence-corrected chi connectivity index (χ4v) is 3.44. The largest absolute Gasteiger partial charge is 0.345 e. The molecule has 4 aromatic rings. The van der Waals surface area contributed by atoms with Crippen LogP contribution in [-0.4, -0.2) is 30.8 Å². The number of hydrogen-bond donors (Lipinski definition) is 2. The topological polar surface area (TPSA) is 114 Å². The van der Waals surface area contributed by atoms with Crippen molar-refractivity contribution in [3.8, 4) is 11.4 Å². The zero-order chi connectivity index (χ0) is 22.5. The molecule has 2 N–H and O–H groups in total. The molecule has 32 heavy (non-hydrogen) atoms. The first-order valence-corrected chi connectivity index (χ1v) is 10.2. The number of aromatic nitrogens is 5. The summed E-state index contributed by atoms with van der Waals surface area (Å²) in [6.45, 7) is 3.56. The number of rotatable bonds is 6. The SMILES string of the molecule is Cc1ncc(C(=O)N[C@@H](Cc2cc(=O)[nH]c(-c3cccnc3)n2)c2ccccc2)c(C)n1. The first-order valence-electron chi connectivity index (χ1n) is 10.2. The second-order valence-corrected chi connectivity index (χ2v) is 7.38. The Morgan fingerprint density at radius 3 is 2.59 bits per heavy atom. The third-order valence-corrected chi connectivity index (χ3v) is 4.99. The summed E-state index contributed by atoms with van der Waals surface area (Å²) in [5.74, 6) is 0.754. The molecule has 0 aliphatic heterocycles. The number of hydrogen-bond acceptors (Lipinski definition) is 6. The van der Waals surface area contributed by atoms with Crippen molar-refractivity contribution in [2.45, 2.75) is 26.3 Å². The van der Waals surface area contributed by atoms with Gasteiger partial charge in [-0.25, -0.2) is 15.0 Å². The summed E-state index contributed by atoms with van der Waals surface area (Å²) in [7, 11) is 0. The van der Waals surface area contributed by atoms with E-state index in [1.54, 1.807) is 32.3 Å². The molecule has 0 spiro atoms. The number of nitrogens with zero attached hydrogens (tertiary/aromatic N) is 4. The lowest BCUT2D eigenvalue weighted by Crippen LogP contribution is -2.31. The van der Waals surface area contributed by atoms with Crippen LogP contribution in [0.15, 0.2) is 71.9 Å². The molecule has 1 amide bonds. The maximum Gasteiger partial charge on any atom is 0.255 e. The zero-order valence-electron chi connectivity index (χ0n) is 17.7. The van der Waals surface area contributed by atoms with Gasteiger partial charge >= 0.3 is 0 Å². The Morgan fingerprint density at radius 2 is 1.88 bits per heavy atom. The fourth-order valence-electron chi connectivity index (χ4n) is 3.44. The molecule has 0 fully saturated rings. The number of carbonyl (C=O) groups is 1. The van der Waals surface area contributed by atoms with E-state index >= 15 is 0 Å². The molecule has 8 heteroatoms. The average Bonchev–Trinajstić information content (AvgIpc) is 2.79. The molecule has 1 atom stereocenters. The highest BCUT2D eigenvalue weighted by Gasteiger charge is 2.20. The summed E-state index contributed by atoms with van der Waals surface area (Å²) >= 11 is 0. The molecule has 8 nitrogen and oxygen atoms in total. The highest BCUT2D eigenvalue weighted by atomic mass is 16.1. The minimum absolute atomic E-state index is 0.269. The van der Waals surface area contributed by atoms with Crippen LogP contribution < -0.4 is 10.9 Å². The number of nitrogens with one attached hydrogen (secondary N) is 2. The van der Waals surface area contributed by atoms with Gasteiger partial charge in [0.2, 0.25) is 0 Å². The van der Waals surface area contributed by atoms with E-state index < -0.39 is 6.04 Å². The molecular formula is C24H22N6O2. The van der Waals surface area contributed by atoms with Gasteiger partial charge < -0.3 is 10.3 Å². The van der Waals surface area contributed by atoms with Crippen molar-refractivity contribution in [3.63, 3.8) is 0 Å². The summed E-state index contributed by atoms with van der Waals surface area (Å²) in [5.41, 5.74) is 2.91. The molecule has 0 unspecified atom stereocenters. The van der Waals surface area contributed by atoms with Crippen molar-refractivity contribution < 1.29 is 4.79 Å². The number of amides is 1. The molecule has 1 aromatic carbocycles. The van der Waals surface area contributed by atoms with E-state index in [0.717, 1.165) is 5.56 Å². The number of H-pyrrole nitrogens is 1. The molecule has 160 valence electrons. The van der Waals surface area contributed by atoms with Crippen molar-refractivity contribution in [1.82, 2.24) is 30.2 Å². The molecule has 0 saturated carbocycles. The van der Waals surface area contributed by atoms with Crippen LogP contribution in [0.3, 0.4) is 0 Å².